The molecule has 0 spiro atoms. The van der Waals surface area contributed by atoms with Crippen LogP contribution in [0.4, 0.5) is 17.6 Å². The average Bonchev–Trinajstić information content (AvgIpc) is 2.75. The zero-order valence-electron chi connectivity index (χ0n) is 15.2. The molecule has 0 atom stereocenters. The van der Waals surface area contributed by atoms with Crippen molar-refractivity contribution in [2.24, 2.45) is 0 Å². The van der Waals surface area contributed by atoms with Crippen molar-refractivity contribution in [2.75, 3.05) is 67.2 Å². The highest BCUT2D eigenvalue weighted by Crippen LogP contribution is 2.20. The van der Waals surface area contributed by atoms with Crippen LogP contribution < -0.4 is 14.7 Å². The van der Waals surface area contributed by atoms with Crippen LogP contribution in [-0.2, 0) is 11.2 Å². The van der Waals surface area contributed by atoms with Gasteiger partial charge in [0.15, 0.2) is 0 Å². The summed E-state index contributed by atoms with van der Waals surface area (Å²) in [6.07, 6.45) is 6.48. The van der Waals surface area contributed by atoms with E-state index in [4.69, 9.17) is 4.74 Å². The Kier molecular flexibility index (Phi) is 5.10. The van der Waals surface area contributed by atoms with Gasteiger partial charge < -0.3 is 19.4 Å². The zero-order chi connectivity index (χ0) is 17.8. The summed E-state index contributed by atoms with van der Waals surface area (Å²) in [5.41, 5.74) is 1.17. The summed E-state index contributed by atoms with van der Waals surface area (Å²) in [7, 11) is 0. The maximum Gasteiger partial charge on any atom is 0.225 e. The number of piperazine rings is 1. The maximum absolute atomic E-state index is 5.42. The Morgan fingerprint density at radius 2 is 1.38 bits per heavy atom. The molecule has 2 aromatic rings. The van der Waals surface area contributed by atoms with Crippen LogP contribution in [0.25, 0.3) is 0 Å². The van der Waals surface area contributed by atoms with Crippen molar-refractivity contribution in [2.45, 2.75) is 13.3 Å². The molecule has 26 heavy (non-hydrogen) atoms. The zero-order valence-corrected chi connectivity index (χ0v) is 15.2. The van der Waals surface area contributed by atoms with Crippen molar-refractivity contribution in [3.8, 4) is 0 Å². The number of anilines is 3. The van der Waals surface area contributed by atoms with E-state index in [-0.39, 0.29) is 0 Å². The fourth-order valence-electron chi connectivity index (χ4n) is 3.30. The Morgan fingerprint density at radius 1 is 0.808 bits per heavy atom. The van der Waals surface area contributed by atoms with Crippen molar-refractivity contribution < 1.29 is 4.74 Å². The number of hydrogen-bond acceptors (Lipinski definition) is 8. The number of rotatable bonds is 4. The number of ether oxygens (including phenoxy) is 1. The molecule has 0 aromatic carbocycles. The first-order valence-electron chi connectivity index (χ1n) is 9.29. The number of aromatic nitrogens is 4. The van der Waals surface area contributed by atoms with Gasteiger partial charge in [-0.25, -0.2) is 19.9 Å². The highest BCUT2D eigenvalue weighted by Gasteiger charge is 2.21. The molecule has 0 bridgehead atoms. The summed E-state index contributed by atoms with van der Waals surface area (Å²) in [5.74, 6) is 2.79. The molecule has 2 aliphatic heterocycles. The molecule has 8 heteroatoms. The molecule has 8 nitrogen and oxygen atoms in total. The SMILES string of the molecule is CCc1cnc(N2CCN(c3cc(N4CCOCC4)ncn3)CC2)nc1. The van der Waals surface area contributed by atoms with Crippen molar-refractivity contribution in [3.63, 3.8) is 0 Å². The highest BCUT2D eigenvalue weighted by molar-refractivity contribution is 5.51. The van der Waals surface area contributed by atoms with E-state index in [0.717, 1.165) is 76.5 Å². The second kappa shape index (κ2) is 7.82. The van der Waals surface area contributed by atoms with Crippen LogP contribution in [0.15, 0.2) is 24.8 Å². The van der Waals surface area contributed by atoms with Gasteiger partial charge in [0.25, 0.3) is 0 Å². The van der Waals surface area contributed by atoms with Crippen LogP contribution >= 0.6 is 0 Å². The van der Waals surface area contributed by atoms with Gasteiger partial charge in [0, 0.05) is 57.7 Å². The van der Waals surface area contributed by atoms with E-state index < -0.39 is 0 Å². The van der Waals surface area contributed by atoms with Gasteiger partial charge in [-0.3, -0.25) is 0 Å². The first kappa shape index (κ1) is 17.0. The lowest BCUT2D eigenvalue weighted by Gasteiger charge is -2.36. The van der Waals surface area contributed by atoms with Crippen LogP contribution in [0.1, 0.15) is 12.5 Å². The topological polar surface area (TPSA) is 70.5 Å². The van der Waals surface area contributed by atoms with Gasteiger partial charge in [-0.05, 0) is 12.0 Å². The molecule has 2 aliphatic rings. The molecule has 2 fully saturated rings. The van der Waals surface area contributed by atoms with Gasteiger partial charge in [0.2, 0.25) is 5.95 Å². The third-order valence-electron chi connectivity index (χ3n) is 4.96. The molecule has 0 saturated carbocycles. The summed E-state index contributed by atoms with van der Waals surface area (Å²) in [6, 6.07) is 2.09. The largest absolute Gasteiger partial charge is 0.378 e. The predicted octanol–water partition coefficient (Wildman–Crippen LogP) is 0.992. The lowest BCUT2D eigenvalue weighted by atomic mass is 10.3. The second-order valence-electron chi connectivity index (χ2n) is 6.55. The molecule has 0 amide bonds. The predicted molar refractivity (Wildman–Crippen MR) is 101 cm³/mol. The number of hydrogen-bond donors (Lipinski definition) is 0. The van der Waals surface area contributed by atoms with Crippen molar-refractivity contribution in [1.82, 2.24) is 19.9 Å². The van der Waals surface area contributed by atoms with E-state index in [1.165, 1.54) is 5.56 Å². The third-order valence-corrected chi connectivity index (χ3v) is 4.96. The molecule has 0 aliphatic carbocycles. The van der Waals surface area contributed by atoms with Gasteiger partial charge in [-0.1, -0.05) is 6.92 Å². The first-order valence-corrected chi connectivity index (χ1v) is 9.29. The van der Waals surface area contributed by atoms with E-state index >= 15 is 0 Å². The van der Waals surface area contributed by atoms with Crippen LogP contribution in [0.5, 0.6) is 0 Å². The van der Waals surface area contributed by atoms with Gasteiger partial charge in [-0.2, -0.15) is 0 Å². The molecule has 0 unspecified atom stereocenters. The van der Waals surface area contributed by atoms with Crippen LogP contribution in [-0.4, -0.2) is 72.4 Å². The Balaban J connectivity index is 1.39. The Hall–Kier alpha value is -2.48. The molecule has 0 radical (unpaired) electrons. The summed E-state index contributed by atoms with van der Waals surface area (Å²) >= 11 is 0. The molecule has 2 aromatic heterocycles. The number of morpholine rings is 1. The van der Waals surface area contributed by atoms with Crippen LogP contribution in [0.2, 0.25) is 0 Å². The van der Waals surface area contributed by atoms with E-state index in [9.17, 15) is 0 Å². The van der Waals surface area contributed by atoms with Crippen molar-refractivity contribution in [3.05, 3.63) is 30.4 Å². The quantitative estimate of drug-likeness (QED) is 0.804. The van der Waals surface area contributed by atoms with E-state index in [0.29, 0.717) is 0 Å². The number of aryl methyl sites for hydroxylation is 1. The first-order chi connectivity index (χ1) is 12.8. The Labute approximate surface area is 153 Å². The normalized spacial score (nSPS) is 18.3. The van der Waals surface area contributed by atoms with Gasteiger partial charge in [0.05, 0.1) is 13.2 Å². The summed E-state index contributed by atoms with van der Waals surface area (Å²) in [5, 5.41) is 0. The Morgan fingerprint density at radius 3 is 2.00 bits per heavy atom. The molecule has 4 heterocycles. The van der Waals surface area contributed by atoms with Crippen LogP contribution in [0, 0.1) is 0 Å². The molecular formula is C18H25N7O. The van der Waals surface area contributed by atoms with Crippen molar-refractivity contribution in [1.29, 1.82) is 0 Å². The summed E-state index contributed by atoms with van der Waals surface area (Å²) in [6.45, 7) is 8.99. The summed E-state index contributed by atoms with van der Waals surface area (Å²) < 4.78 is 5.42. The highest BCUT2D eigenvalue weighted by atomic mass is 16.5. The number of nitrogens with zero attached hydrogens (tertiary/aromatic N) is 7. The minimum absolute atomic E-state index is 0.759. The van der Waals surface area contributed by atoms with E-state index in [2.05, 4.69) is 47.6 Å². The standard InChI is InChI=1S/C18H25N7O/c1-2-15-12-19-18(20-13-15)25-5-3-23(4-6-25)16-11-17(22-14-21-16)24-7-9-26-10-8-24/h11-14H,2-10H2,1H3. The second-order valence-corrected chi connectivity index (χ2v) is 6.55. The molecule has 138 valence electrons. The summed E-state index contributed by atoms with van der Waals surface area (Å²) in [4.78, 5) is 24.7. The lowest BCUT2D eigenvalue weighted by molar-refractivity contribution is 0.122. The molecule has 4 rings (SSSR count). The van der Waals surface area contributed by atoms with Gasteiger partial charge in [-0.15, -0.1) is 0 Å². The smallest absolute Gasteiger partial charge is 0.225 e. The van der Waals surface area contributed by atoms with E-state index in [1.54, 1.807) is 6.33 Å². The van der Waals surface area contributed by atoms with Gasteiger partial charge in [0.1, 0.15) is 18.0 Å². The molecular weight excluding hydrogens is 330 g/mol. The Bertz CT molecular complexity index is 710. The van der Waals surface area contributed by atoms with Gasteiger partial charge >= 0.3 is 0 Å². The van der Waals surface area contributed by atoms with Crippen molar-refractivity contribution >= 4 is 17.6 Å². The molecule has 0 N–H and O–H groups in total. The minimum atomic E-state index is 0.759. The maximum atomic E-state index is 5.42. The van der Waals surface area contributed by atoms with E-state index in [1.807, 2.05) is 12.4 Å². The monoisotopic (exact) mass is 355 g/mol. The average molecular weight is 355 g/mol. The minimum Gasteiger partial charge on any atom is -0.378 e. The fraction of sp³-hybridized carbons (Fsp3) is 0.556. The third kappa shape index (κ3) is 3.70. The van der Waals surface area contributed by atoms with Crippen LogP contribution in [0.3, 0.4) is 0 Å². The lowest BCUT2D eigenvalue weighted by Crippen LogP contribution is -2.47. The molecule has 2 saturated heterocycles. The fourth-order valence-corrected chi connectivity index (χ4v) is 3.30.